The standard InChI is InChI=1S/C18H16F4N2O3/c19-13-5-6-14(17(25)26)23-16(13)24-8-7-11(9-24)10-27-15-4-2-1-3-12(15)18(20,21)22/h1-6,11H,7-10H2,(H,25,26). The Kier molecular flexibility index (Phi) is 5.20. The lowest BCUT2D eigenvalue weighted by molar-refractivity contribution is -0.139. The summed E-state index contributed by atoms with van der Waals surface area (Å²) in [6, 6.07) is 7.07. The fourth-order valence-corrected chi connectivity index (χ4v) is 2.97. The number of rotatable bonds is 5. The Morgan fingerprint density at radius 2 is 2.00 bits per heavy atom. The van der Waals surface area contributed by atoms with Gasteiger partial charge < -0.3 is 14.7 Å². The van der Waals surface area contributed by atoms with E-state index in [0.29, 0.717) is 19.5 Å². The highest BCUT2D eigenvalue weighted by Crippen LogP contribution is 2.36. The third-order valence-corrected chi connectivity index (χ3v) is 4.30. The van der Waals surface area contributed by atoms with Crippen molar-refractivity contribution in [3.8, 4) is 5.75 Å². The number of pyridine rings is 1. The quantitative estimate of drug-likeness (QED) is 0.794. The van der Waals surface area contributed by atoms with Crippen molar-refractivity contribution in [3.05, 3.63) is 53.5 Å². The number of ether oxygens (including phenoxy) is 1. The van der Waals surface area contributed by atoms with Crippen LogP contribution in [-0.2, 0) is 6.18 Å². The van der Waals surface area contributed by atoms with Crippen LogP contribution in [0.25, 0.3) is 0 Å². The van der Waals surface area contributed by atoms with E-state index in [1.165, 1.54) is 18.2 Å². The lowest BCUT2D eigenvalue weighted by atomic mass is 10.1. The summed E-state index contributed by atoms with van der Waals surface area (Å²) in [5.41, 5.74) is -1.12. The minimum atomic E-state index is -4.51. The van der Waals surface area contributed by atoms with Crippen LogP contribution in [-0.4, -0.2) is 35.8 Å². The number of benzene rings is 1. The number of aromatic nitrogens is 1. The first kappa shape index (κ1) is 18.9. The normalized spacial score (nSPS) is 17.2. The third-order valence-electron chi connectivity index (χ3n) is 4.30. The first-order valence-electron chi connectivity index (χ1n) is 8.19. The molecule has 1 atom stereocenters. The summed E-state index contributed by atoms with van der Waals surface area (Å²) in [5.74, 6) is -2.38. The van der Waals surface area contributed by atoms with Gasteiger partial charge in [-0.25, -0.2) is 14.2 Å². The zero-order valence-electron chi connectivity index (χ0n) is 14.0. The number of anilines is 1. The highest BCUT2D eigenvalue weighted by atomic mass is 19.4. The molecule has 1 fully saturated rings. The Labute approximate surface area is 152 Å². The largest absolute Gasteiger partial charge is 0.493 e. The zero-order chi connectivity index (χ0) is 19.6. The van der Waals surface area contributed by atoms with Gasteiger partial charge in [0.25, 0.3) is 0 Å². The molecule has 3 rings (SSSR count). The summed E-state index contributed by atoms with van der Waals surface area (Å²) in [6.45, 7) is 0.743. The highest BCUT2D eigenvalue weighted by Gasteiger charge is 2.34. The smallest absolute Gasteiger partial charge is 0.419 e. The number of alkyl halides is 3. The Morgan fingerprint density at radius 3 is 2.70 bits per heavy atom. The minimum Gasteiger partial charge on any atom is -0.493 e. The van der Waals surface area contributed by atoms with Crippen molar-refractivity contribution in [1.29, 1.82) is 0 Å². The molecule has 9 heteroatoms. The second kappa shape index (κ2) is 7.42. The van der Waals surface area contributed by atoms with Gasteiger partial charge in [-0.15, -0.1) is 0 Å². The number of para-hydroxylation sites is 1. The third kappa shape index (κ3) is 4.29. The highest BCUT2D eigenvalue weighted by molar-refractivity contribution is 5.85. The van der Waals surface area contributed by atoms with Gasteiger partial charge in [-0.1, -0.05) is 12.1 Å². The van der Waals surface area contributed by atoms with E-state index in [4.69, 9.17) is 9.84 Å². The van der Waals surface area contributed by atoms with Crippen LogP contribution in [0.4, 0.5) is 23.4 Å². The molecule has 2 heterocycles. The molecular weight excluding hydrogens is 368 g/mol. The Hall–Kier alpha value is -2.84. The molecule has 5 nitrogen and oxygen atoms in total. The summed E-state index contributed by atoms with van der Waals surface area (Å²) in [5, 5.41) is 8.98. The van der Waals surface area contributed by atoms with E-state index in [1.54, 1.807) is 4.90 Å². The van der Waals surface area contributed by atoms with E-state index < -0.39 is 23.5 Å². The average molecular weight is 384 g/mol. The topological polar surface area (TPSA) is 62.7 Å². The van der Waals surface area contributed by atoms with Gasteiger partial charge in [-0.2, -0.15) is 13.2 Å². The summed E-state index contributed by atoms with van der Waals surface area (Å²) in [7, 11) is 0. The maximum absolute atomic E-state index is 14.0. The number of aromatic carboxylic acids is 1. The number of carboxylic acids is 1. The Bertz CT molecular complexity index is 842. The SMILES string of the molecule is O=C(O)c1ccc(F)c(N2CCC(COc3ccccc3C(F)(F)F)C2)n1. The first-order valence-corrected chi connectivity index (χ1v) is 8.19. The molecule has 2 aromatic rings. The van der Waals surface area contributed by atoms with Crippen molar-refractivity contribution in [2.75, 3.05) is 24.6 Å². The molecule has 1 unspecified atom stereocenters. The molecule has 1 aliphatic heterocycles. The maximum Gasteiger partial charge on any atom is 0.419 e. The number of carboxylic acid groups (broad SMARTS) is 1. The second-order valence-corrected chi connectivity index (χ2v) is 6.21. The van der Waals surface area contributed by atoms with Gasteiger partial charge in [-0.05, 0) is 30.7 Å². The molecule has 1 aromatic heterocycles. The van der Waals surface area contributed by atoms with Crippen LogP contribution in [0.1, 0.15) is 22.5 Å². The number of halogens is 4. The molecule has 0 amide bonds. The van der Waals surface area contributed by atoms with E-state index in [0.717, 1.165) is 18.2 Å². The van der Waals surface area contributed by atoms with Crippen LogP contribution in [0.3, 0.4) is 0 Å². The summed E-state index contributed by atoms with van der Waals surface area (Å²) in [4.78, 5) is 16.4. The first-order chi connectivity index (χ1) is 12.8. The number of hydrogen-bond donors (Lipinski definition) is 1. The van der Waals surface area contributed by atoms with Crippen molar-refractivity contribution in [2.45, 2.75) is 12.6 Å². The second-order valence-electron chi connectivity index (χ2n) is 6.21. The number of carbonyl (C=O) groups is 1. The zero-order valence-corrected chi connectivity index (χ0v) is 14.0. The van der Waals surface area contributed by atoms with E-state index in [1.807, 2.05) is 0 Å². The van der Waals surface area contributed by atoms with Gasteiger partial charge in [-0.3, -0.25) is 0 Å². The Morgan fingerprint density at radius 1 is 1.26 bits per heavy atom. The van der Waals surface area contributed by atoms with E-state index in [9.17, 15) is 22.4 Å². The fraction of sp³-hybridized carbons (Fsp3) is 0.333. The van der Waals surface area contributed by atoms with Crippen LogP contribution >= 0.6 is 0 Å². The van der Waals surface area contributed by atoms with Gasteiger partial charge >= 0.3 is 12.1 Å². The summed E-state index contributed by atoms with van der Waals surface area (Å²) < 4.78 is 58.3. The van der Waals surface area contributed by atoms with Crippen molar-refractivity contribution in [2.24, 2.45) is 5.92 Å². The van der Waals surface area contributed by atoms with Crippen molar-refractivity contribution >= 4 is 11.8 Å². The van der Waals surface area contributed by atoms with Gasteiger partial charge in [0.15, 0.2) is 17.3 Å². The molecule has 144 valence electrons. The fourth-order valence-electron chi connectivity index (χ4n) is 2.97. The molecule has 1 aromatic carbocycles. The van der Waals surface area contributed by atoms with Crippen LogP contribution in [0.5, 0.6) is 5.75 Å². The van der Waals surface area contributed by atoms with E-state index in [-0.39, 0.29) is 29.8 Å². The molecule has 0 spiro atoms. The van der Waals surface area contributed by atoms with Gasteiger partial charge in [0.2, 0.25) is 0 Å². The number of hydrogen-bond acceptors (Lipinski definition) is 4. The molecule has 0 radical (unpaired) electrons. The van der Waals surface area contributed by atoms with Gasteiger partial charge in [0, 0.05) is 19.0 Å². The molecule has 0 aliphatic carbocycles. The molecule has 1 aliphatic rings. The van der Waals surface area contributed by atoms with E-state index in [2.05, 4.69) is 4.98 Å². The minimum absolute atomic E-state index is 0.0316. The van der Waals surface area contributed by atoms with Crippen molar-refractivity contribution < 1.29 is 32.2 Å². The molecule has 0 bridgehead atoms. The van der Waals surface area contributed by atoms with Crippen molar-refractivity contribution in [1.82, 2.24) is 4.98 Å². The molecule has 1 saturated heterocycles. The lowest BCUT2D eigenvalue weighted by Gasteiger charge is -2.19. The molecule has 1 N–H and O–H groups in total. The van der Waals surface area contributed by atoms with Crippen LogP contribution in [0.15, 0.2) is 36.4 Å². The maximum atomic E-state index is 14.0. The summed E-state index contributed by atoms with van der Waals surface area (Å²) >= 11 is 0. The predicted molar refractivity (Wildman–Crippen MR) is 88.4 cm³/mol. The Balaban J connectivity index is 1.67. The van der Waals surface area contributed by atoms with E-state index >= 15 is 0 Å². The van der Waals surface area contributed by atoms with Gasteiger partial charge in [0.05, 0.1) is 12.2 Å². The monoisotopic (exact) mass is 384 g/mol. The van der Waals surface area contributed by atoms with Crippen LogP contribution in [0.2, 0.25) is 0 Å². The summed E-state index contributed by atoms with van der Waals surface area (Å²) in [6.07, 6.45) is -3.95. The number of nitrogens with zero attached hydrogens (tertiary/aromatic N) is 2. The van der Waals surface area contributed by atoms with Crippen LogP contribution < -0.4 is 9.64 Å². The molecule has 27 heavy (non-hydrogen) atoms. The average Bonchev–Trinajstić information content (AvgIpc) is 3.08. The molecular formula is C18H16F4N2O3. The van der Waals surface area contributed by atoms with Gasteiger partial charge in [0.1, 0.15) is 5.75 Å². The predicted octanol–water partition coefficient (Wildman–Crippen LogP) is 3.84. The lowest BCUT2D eigenvalue weighted by Crippen LogP contribution is -2.24. The van der Waals surface area contributed by atoms with Crippen LogP contribution in [0, 0.1) is 11.7 Å². The van der Waals surface area contributed by atoms with Crippen molar-refractivity contribution in [3.63, 3.8) is 0 Å². The molecule has 0 saturated carbocycles.